The maximum absolute atomic E-state index is 13.0. The molecule has 1 N–H and O–H groups in total. The molecule has 1 fully saturated rings. The number of carbonyl (C=O) groups is 1. The van der Waals surface area contributed by atoms with E-state index in [1.807, 2.05) is 30.5 Å². The summed E-state index contributed by atoms with van der Waals surface area (Å²) in [5.41, 5.74) is 2.32. The van der Waals surface area contributed by atoms with Crippen LogP contribution in [0.15, 0.2) is 53.9 Å². The van der Waals surface area contributed by atoms with Crippen molar-refractivity contribution in [3.05, 3.63) is 75.7 Å². The molecule has 1 amide bonds. The first kappa shape index (κ1) is 19.5. The van der Waals surface area contributed by atoms with Gasteiger partial charge in [0.05, 0.1) is 23.4 Å². The summed E-state index contributed by atoms with van der Waals surface area (Å²) in [5, 5.41) is 6.23. The normalized spacial score (nSPS) is 14.7. The molecule has 0 spiro atoms. The molecule has 1 saturated carbocycles. The van der Waals surface area contributed by atoms with E-state index in [0.717, 1.165) is 35.5 Å². The van der Waals surface area contributed by atoms with Crippen LogP contribution in [0.3, 0.4) is 0 Å². The summed E-state index contributed by atoms with van der Waals surface area (Å²) in [6.45, 7) is 2.33. The molecule has 0 aliphatic heterocycles. The number of thiazole rings is 1. The van der Waals surface area contributed by atoms with Crippen LogP contribution < -0.4 is 14.8 Å². The van der Waals surface area contributed by atoms with E-state index in [1.54, 1.807) is 36.6 Å². The Hall–Kier alpha value is -2.86. The Morgan fingerprint density at radius 1 is 1.17 bits per heavy atom. The Labute approximate surface area is 174 Å². The first-order valence-corrected chi connectivity index (χ1v) is 10.6. The summed E-state index contributed by atoms with van der Waals surface area (Å²) >= 11 is 1.59. The molecule has 6 heteroatoms. The highest BCUT2D eigenvalue weighted by Crippen LogP contribution is 2.41. The molecule has 4 rings (SSSR count). The van der Waals surface area contributed by atoms with E-state index >= 15 is 0 Å². The number of carbonyl (C=O) groups excluding carboxylic acids is 1. The molecule has 1 aliphatic rings. The van der Waals surface area contributed by atoms with Crippen molar-refractivity contribution in [3.8, 4) is 11.5 Å². The highest BCUT2D eigenvalue weighted by Gasteiger charge is 2.40. The highest BCUT2D eigenvalue weighted by molar-refractivity contribution is 7.09. The van der Waals surface area contributed by atoms with Gasteiger partial charge in [-0.05, 0) is 49.9 Å². The maximum Gasteiger partial charge on any atom is 0.252 e. The molecule has 2 aromatic carbocycles. The fourth-order valence-corrected chi connectivity index (χ4v) is 4.21. The smallest absolute Gasteiger partial charge is 0.252 e. The van der Waals surface area contributed by atoms with Crippen molar-refractivity contribution in [3.63, 3.8) is 0 Å². The van der Waals surface area contributed by atoms with Crippen molar-refractivity contribution >= 4 is 17.2 Å². The fraction of sp³-hybridized carbons (Fsp3) is 0.304. The minimum atomic E-state index is -0.275. The average molecular weight is 409 g/mol. The van der Waals surface area contributed by atoms with Gasteiger partial charge in [-0.15, -0.1) is 11.3 Å². The maximum atomic E-state index is 13.0. The van der Waals surface area contributed by atoms with Gasteiger partial charge < -0.3 is 14.8 Å². The van der Waals surface area contributed by atoms with Gasteiger partial charge in [0.25, 0.3) is 5.91 Å². The fourth-order valence-electron chi connectivity index (χ4n) is 3.62. The van der Waals surface area contributed by atoms with Gasteiger partial charge in [0, 0.05) is 10.9 Å². The van der Waals surface area contributed by atoms with Gasteiger partial charge in [-0.1, -0.05) is 30.3 Å². The summed E-state index contributed by atoms with van der Waals surface area (Å²) in [6.07, 6.45) is 3.02. The average Bonchev–Trinajstić information content (AvgIpc) is 3.14. The molecule has 29 heavy (non-hydrogen) atoms. The van der Waals surface area contributed by atoms with E-state index < -0.39 is 0 Å². The molecule has 0 atom stereocenters. The van der Waals surface area contributed by atoms with E-state index in [1.165, 1.54) is 0 Å². The van der Waals surface area contributed by atoms with Crippen LogP contribution in [-0.2, 0) is 12.1 Å². The Kier molecular flexibility index (Phi) is 5.53. The van der Waals surface area contributed by atoms with Gasteiger partial charge in [0.1, 0.15) is 6.61 Å². The van der Waals surface area contributed by atoms with E-state index in [0.29, 0.717) is 23.7 Å². The predicted molar refractivity (Wildman–Crippen MR) is 114 cm³/mol. The Bertz CT molecular complexity index is 996. The number of amides is 1. The van der Waals surface area contributed by atoms with Crippen molar-refractivity contribution in [1.82, 2.24) is 10.3 Å². The number of rotatable bonds is 7. The predicted octanol–water partition coefficient (Wildman–Crippen LogP) is 4.85. The minimum absolute atomic E-state index is 0.103. The lowest BCUT2D eigenvalue weighted by Crippen LogP contribution is -2.50. The molecule has 1 aliphatic carbocycles. The topological polar surface area (TPSA) is 60.5 Å². The van der Waals surface area contributed by atoms with E-state index in [4.69, 9.17) is 9.47 Å². The zero-order valence-corrected chi connectivity index (χ0v) is 17.4. The van der Waals surface area contributed by atoms with Crippen LogP contribution in [0.2, 0.25) is 0 Å². The molecule has 0 bridgehead atoms. The molecule has 0 saturated heterocycles. The quantitative estimate of drug-likeness (QED) is 0.607. The standard InChI is InChI=1S/C23H24N2O3S/c1-16-24-19(15-29-16)14-28-20-10-9-17(13-21(20)27-2)22(26)25-23(11-6-12-23)18-7-4-3-5-8-18/h3-5,7-10,13,15H,6,11-12,14H2,1-2H3,(H,25,26). The summed E-state index contributed by atoms with van der Waals surface area (Å²) in [4.78, 5) is 17.4. The Morgan fingerprint density at radius 3 is 2.59 bits per heavy atom. The van der Waals surface area contributed by atoms with Crippen LogP contribution in [0.4, 0.5) is 0 Å². The lowest BCUT2D eigenvalue weighted by Gasteiger charge is -2.43. The SMILES string of the molecule is COc1cc(C(=O)NC2(c3ccccc3)CCC2)ccc1OCc1csc(C)n1. The Balaban J connectivity index is 1.48. The zero-order valence-electron chi connectivity index (χ0n) is 16.6. The number of ether oxygens (including phenoxy) is 2. The number of hydrogen-bond donors (Lipinski definition) is 1. The summed E-state index contributed by atoms with van der Waals surface area (Å²) in [5.74, 6) is 1.02. The largest absolute Gasteiger partial charge is 0.493 e. The van der Waals surface area contributed by atoms with E-state index in [-0.39, 0.29) is 11.4 Å². The number of aryl methyl sites for hydroxylation is 1. The minimum Gasteiger partial charge on any atom is -0.493 e. The zero-order chi connectivity index (χ0) is 20.3. The lowest BCUT2D eigenvalue weighted by atomic mass is 9.71. The monoisotopic (exact) mass is 408 g/mol. The molecule has 150 valence electrons. The first-order chi connectivity index (χ1) is 14.1. The number of methoxy groups -OCH3 is 1. The number of nitrogens with one attached hydrogen (secondary N) is 1. The van der Waals surface area contributed by atoms with E-state index in [9.17, 15) is 4.79 Å². The van der Waals surface area contributed by atoms with Crippen molar-refractivity contribution < 1.29 is 14.3 Å². The van der Waals surface area contributed by atoms with Crippen molar-refractivity contribution in [1.29, 1.82) is 0 Å². The first-order valence-electron chi connectivity index (χ1n) is 9.69. The van der Waals surface area contributed by atoms with Crippen LogP contribution in [0.1, 0.15) is 45.9 Å². The third-order valence-electron chi connectivity index (χ3n) is 5.35. The van der Waals surface area contributed by atoms with Crippen molar-refractivity contribution in [2.45, 2.75) is 38.3 Å². The number of aromatic nitrogens is 1. The van der Waals surface area contributed by atoms with Gasteiger partial charge in [-0.3, -0.25) is 4.79 Å². The van der Waals surface area contributed by atoms with E-state index in [2.05, 4.69) is 22.4 Å². The van der Waals surface area contributed by atoms with Crippen LogP contribution in [-0.4, -0.2) is 18.0 Å². The van der Waals surface area contributed by atoms with Crippen LogP contribution in [0.5, 0.6) is 11.5 Å². The molecular weight excluding hydrogens is 384 g/mol. The molecule has 1 heterocycles. The Morgan fingerprint density at radius 2 is 1.97 bits per heavy atom. The van der Waals surface area contributed by atoms with Crippen LogP contribution >= 0.6 is 11.3 Å². The summed E-state index contributed by atoms with van der Waals surface area (Å²) in [7, 11) is 1.58. The van der Waals surface area contributed by atoms with Gasteiger partial charge in [0.15, 0.2) is 11.5 Å². The third kappa shape index (κ3) is 4.12. The van der Waals surface area contributed by atoms with Crippen LogP contribution in [0.25, 0.3) is 0 Å². The highest BCUT2D eigenvalue weighted by atomic mass is 32.1. The summed E-state index contributed by atoms with van der Waals surface area (Å²) < 4.78 is 11.3. The third-order valence-corrected chi connectivity index (χ3v) is 6.18. The van der Waals surface area contributed by atoms with Crippen LogP contribution in [0, 0.1) is 6.92 Å². The van der Waals surface area contributed by atoms with Gasteiger partial charge >= 0.3 is 0 Å². The molecule has 1 aromatic heterocycles. The second kappa shape index (κ2) is 8.25. The number of hydrogen-bond acceptors (Lipinski definition) is 5. The van der Waals surface area contributed by atoms with Crippen molar-refractivity contribution in [2.24, 2.45) is 0 Å². The molecule has 0 unspecified atom stereocenters. The number of benzene rings is 2. The van der Waals surface area contributed by atoms with Gasteiger partial charge in [-0.2, -0.15) is 0 Å². The lowest BCUT2D eigenvalue weighted by molar-refractivity contribution is 0.0823. The molecular formula is C23H24N2O3S. The molecule has 0 radical (unpaired) electrons. The van der Waals surface area contributed by atoms with Crippen molar-refractivity contribution in [2.75, 3.05) is 7.11 Å². The van der Waals surface area contributed by atoms with Gasteiger partial charge in [0.2, 0.25) is 0 Å². The molecule has 3 aromatic rings. The number of nitrogens with zero attached hydrogens (tertiary/aromatic N) is 1. The second-order valence-corrected chi connectivity index (χ2v) is 8.33. The van der Waals surface area contributed by atoms with Gasteiger partial charge in [-0.25, -0.2) is 4.98 Å². The molecule has 5 nitrogen and oxygen atoms in total. The summed E-state index contributed by atoms with van der Waals surface area (Å²) in [6, 6.07) is 15.5. The second-order valence-electron chi connectivity index (χ2n) is 7.27.